The van der Waals surface area contributed by atoms with Crippen molar-refractivity contribution in [2.75, 3.05) is 13.0 Å². The van der Waals surface area contributed by atoms with E-state index in [0.29, 0.717) is 16.9 Å². The van der Waals surface area contributed by atoms with Gasteiger partial charge in [-0.2, -0.15) is 0 Å². The molecule has 100 valence electrons. The third kappa shape index (κ3) is 3.60. The second-order valence-corrected chi connectivity index (χ2v) is 4.12. The van der Waals surface area contributed by atoms with Crippen molar-refractivity contribution in [3.63, 3.8) is 0 Å². The predicted molar refractivity (Wildman–Crippen MR) is 66.0 cm³/mol. The number of hydrogen-bond donors (Lipinski definition) is 3. The Kier molecular flexibility index (Phi) is 5.40. The van der Waals surface area contributed by atoms with Crippen molar-refractivity contribution >= 4 is 17.6 Å². The van der Waals surface area contributed by atoms with Gasteiger partial charge in [0.25, 0.3) is 0 Å². The molecule has 0 aliphatic heterocycles. The smallest absolute Gasteiger partial charge is 0.307 e. The summed E-state index contributed by atoms with van der Waals surface area (Å²) >= 11 is 5.45. The van der Waals surface area contributed by atoms with Crippen LogP contribution < -0.4 is 4.74 Å². The summed E-state index contributed by atoms with van der Waals surface area (Å²) in [6.45, 7) is 0. The zero-order valence-electron chi connectivity index (χ0n) is 9.84. The quantitative estimate of drug-likeness (QED) is 0.673. The Morgan fingerprint density at radius 3 is 2.61 bits per heavy atom. The fourth-order valence-corrected chi connectivity index (χ4v) is 1.76. The molecule has 1 aromatic rings. The number of halogens is 1. The van der Waals surface area contributed by atoms with E-state index >= 15 is 0 Å². The van der Waals surface area contributed by atoms with E-state index in [9.17, 15) is 15.0 Å². The van der Waals surface area contributed by atoms with Crippen LogP contribution in [0.4, 0.5) is 0 Å². The fraction of sp³-hybridized carbons (Fsp3) is 0.417. The van der Waals surface area contributed by atoms with Crippen LogP contribution in [-0.4, -0.2) is 40.4 Å². The first-order valence-corrected chi connectivity index (χ1v) is 5.83. The maximum Gasteiger partial charge on any atom is 0.307 e. The SMILES string of the molecule is COc1ccc(C(O)C(O)CCl)cc1CC(=O)O. The average Bonchev–Trinajstić information content (AvgIpc) is 2.36. The summed E-state index contributed by atoms with van der Waals surface area (Å²) in [6, 6.07) is 4.61. The number of benzene rings is 1. The van der Waals surface area contributed by atoms with Crippen LogP contribution in [0.2, 0.25) is 0 Å². The third-order valence-electron chi connectivity index (χ3n) is 2.51. The molecule has 18 heavy (non-hydrogen) atoms. The number of methoxy groups -OCH3 is 1. The molecule has 2 unspecified atom stereocenters. The van der Waals surface area contributed by atoms with Crippen molar-refractivity contribution < 1.29 is 24.9 Å². The maximum atomic E-state index is 10.7. The molecule has 0 radical (unpaired) electrons. The summed E-state index contributed by atoms with van der Waals surface area (Å²) in [4.78, 5) is 10.7. The molecule has 0 spiro atoms. The summed E-state index contributed by atoms with van der Waals surface area (Å²) < 4.78 is 5.03. The number of alkyl halides is 1. The standard InChI is InChI=1S/C12H15ClO5/c1-18-10-3-2-7(12(17)9(14)6-13)4-8(10)5-11(15)16/h2-4,9,12,14,17H,5-6H2,1H3,(H,15,16). The van der Waals surface area contributed by atoms with Crippen LogP contribution in [0.15, 0.2) is 18.2 Å². The van der Waals surface area contributed by atoms with E-state index in [2.05, 4.69) is 0 Å². The second kappa shape index (κ2) is 6.58. The summed E-state index contributed by atoms with van der Waals surface area (Å²) in [7, 11) is 1.43. The lowest BCUT2D eigenvalue weighted by atomic mass is 10.0. The number of rotatable bonds is 6. The molecule has 0 aliphatic carbocycles. The van der Waals surface area contributed by atoms with Gasteiger partial charge in [0.15, 0.2) is 0 Å². The fourth-order valence-electron chi connectivity index (χ4n) is 1.59. The Bertz CT molecular complexity index is 421. The van der Waals surface area contributed by atoms with E-state index in [4.69, 9.17) is 21.4 Å². The second-order valence-electron chi connectivity index (χ2n) is 3.81. The predicted octanol–water partition coefficient (Wildman–Crippen LogP) is 0.955. The molecular weight excluding hydrogens is 260 g/mol. The molecular formula is C12H15ClO5. The van der Waals surface area contributed by atoms with Crippen LogP contribution in [0.5, 0.6) is 5.75 Å². The monoisotopic (exact) mass is 274 g/mol. The Morgan fingerprint density at radius 2 is 2.11 bits per heavy atom. The number of aliphatic hydroxyl groups is 2. The number of ether oxygens (including phenoxy) is 1. The molecule has 0 fully saturated rings. The largest absolute Gasteiger partial charge is 0.496 e. The summed E-state index contributed by atoms with van der Waals surface area (Å²) in [5.74, 6) is -0.687. The molecule has 2 atom stereocenters. The van der Waals surface area contributed by atoms with Crippen molar-refractivity contribution in [2.24, 2.45) is 0 Å². The van der Waals surface area contributed by atoms with Crippen molar-refractivity contribution in [1.29, 1.82) is 0 Å². The molecule has 0 saturated heterocycles. The van der Waals surface area contributed by atoms with Crippen LogP contribution in [0.3, 0.4) is 0 Å². The molecule has 0 heterocycles. The number of carboxylic acids is 1. The summed E-state index contributed by atoms with van der Waals surface area (Å²) in [5, 5.41) is 28.0. The number of carbonyl (C=O) groups is 1. The van der Waals surface area contributed by atoms with Gasteiger partial charge in [0.2, 0.25) is 0 Å². The Morgan fingerprint density at radius 1 is 1.44 bits per heavy atom. The molecule has 1 rings (SSSR count). The van der Waals surface area contributed by atoms with Crippen LogP contribution in [0, 0.1) is 0 Å². The van der Waals surface area contributed by atoms with E-state index in [1.165, 1.54) is 13.2 Å². The van der Waals surface area contributed by atoms with Crippen LogP contribution in [-0.2, 0) is 11.2 Å². The zero-order chi connectivity index (χ0) is 13.7. The van der Waals surface area contributed by atoms with Crippen LogP contribution in [0.25, 0.3) is 0 Å². The van der Waals surface area contributed by atoms with Crippen molar-refractivity contribution in [3.05, 3.63) is 29.3 Å². The van der Waals surface area contributed by atoms with Gasteiger partial charge in [-0.1, -0.05) is 6.07 Å². The lowest BCUT2D eigenvalue weighted by Gasteiger charge is -2.17. The van der Waals surface area contributed by atoms with Gasteiger partial charge in [0.1, 0.15) is 11.9 Å². The van der Waals surface area contributed by atoms with Gasteiger partial charge in [-0.05, 0) is 17.7 Å². The maximum absolute atomic E-state index is 10.7. The van der Waals surface area contributed by atoms with E-state index in [1.54, 1.807) is 12.1 Å². The molecule has 1 aromatic carbocycles. The van der Waals surface area contributed by atoms with Gasteiger partial charge in [-0.15, -0.1) is 11.6 Å². The lowest BCUT2D eigenvalue weighted by Crippen LogP contribution is -2.20. The molecule has 6 heteroatoms. The Balaban J connectivity index is 3.05. The highest BCUT2D eigenvalue weighted by Crippen LogP contribution is 2.25. The van der Waals surface area contributed by atoms with Crippen LogP contribution in [0.1, 0.15) is 17.2 Å². The first-order chi connectivity index (χ1) is 8.49. The van der Waals surface area contributed by atoms with Gasteiger partial charge in [-0.25, -0.2) is 0 Å². The molecule has 3 N–H and O–H groups in total. The van der Waals surface area contributed by atoms with Gasteiger partial charge in [0.05, 0.1) is 25.5 Å². The summed E-state index contributed by atoms with van der Waals surface area (Å²) in [6.07, 6.45) is -2.47. The summed E-state index contributed by atoms with van der Waals surface area (Å²) in [5.41, 5.74) is 0.837. The van der Waals surface area contributed by atoms with Crippen molar-refractivity contribution in [2.45, 2.75) is 18.6 Å². The lowest BCUT2D eigenvalue weighted by molar-refractivity contribution is -0.136. The zero-order valence-corrected chi connectivity index (χ0v) is 10.6. The van der Waals surface area contributed by atoms with Gasteiger partial charge < -0.3 is 20.1 Å². The minimum atomic E-state index is -1.15. The van der Waals surface area contributed by atoms with E-state index in [0.717, 1.165) is 0 Å². The first kappa shape index (κ1) is 14.8. The molecule has 5 nitrogen and oxygen atoms in total. The molecule has 0 saturated carbocycles. The molecule has 0 aliphatic rings. The van der Waals surface area contributed by atoms with E-state index in [-0.39, 0.29) is 12.3 Å². The van der Waals surface area contributed by atoms with Gasteiger partial charge in [-0.3, -0.25) is 4.79 Å². The van der Waals surface area contributed by atoms with E-state index < -0.39 is 18.2 Å². The van der Waals surface area contributed by atoms with E-state index in [1.807, 2.05) is 0 Å². The van der Waals surface area contributed by atoms with Crippen molar-refractivity contribution in [3.8, 4) is 5.75 Å². The number of aliphatic hydroxyl groups excluding tert-OH is 2. The topological polar surface area (TPSA) is 87.0 Å². The molecule has 0 amide bonds. The molecule has 0 bridgehead atoms. The Hall–Kier alpha value is -1.30. The number of carboxylic acid groups (broad SMARTS) is 1. The Labute approximate surface area is 110 Å². The van der Waals surface area contributed by atoms with Crippen molar-refractivity contribution in [1.82, 2.24) is 0 Å². The number of aliphatic carboxylic acids is 1. The minimum Gasteiger partial charge on any atom is -0.496 e. The minimum absolute atomic E-state index is 0.110. The first-order valence-electron chi connectivity index (χ1n) is 5.30. The third-order valence-corrected chi connectivity index (χ3v) is 2.83. The molecule has 0 aromatic heterocycles. The number of hydrogen-bond acceptors (Lipinski definition) is 4. The average molecular weight is 275 g/mol. The highest BCUT2D eigenvalue weighted by Gasteiger charge is 2.19. The highest BCUT2D eigenvalue weighted by molar-refractivity contribution is 6.18. The van der Waals surface area contributed by atoms with Crippen LogP contribution >= 0.6 is 11.6 Å². The normalized spacial score (nSPS) is 14.0. The van der Waals surface area contributed by atoms with Gasteiger partial charge in [0, 0.05) is 5.56 Å². The van der Waals surface area contributed by atoms with Gasteiger partial charge >= 0.3 is 5.97 Å². The highest BCUT2D eigenvalue weighted by atomic mass is 35.5.